The summed E-state index contributed by atoms with van der Waals surface area (Å²) >= 11 is 5.80. The minimum atomic E-state index is -1.18. The molecule has 98 valence electrons. The van der Waals surface area contributed by atoms with Crippen LogP contribution in [-0.2, 0) is 9.59 Å². The van der Waals surface area contributed by atoms with Gasteiger partial charge in [-0.2, -0.15) is 0 Å². The molecule has 5 nitrogen and oxygen atoms in total. The lowest BCUT2D eigenvalue weighted by molar-refractivity contribution is -0.141. The molecule has 0 radical (unpaired) electrons. The second-order valence-electron chi connectivity index (χ2n) is 4.15. The molecule has 0 unspecified atom stereocenters. The Bertz CT molecular complexity index is 459. The topological polar surface area (TPSA) is 75.6 Å². The lowest BCUT2D eigenvalue weighted by atomic mass is 10.1. The number of hydrogen-bond donors (Lipinski definition) is 2. The van der Waals surface area contributed by atoms with Crippen LogP contribution in [0.1, 0.15) is 13.8 Å². The van der Waals surface area contributed by atoms with E-state index >= 15 is 0 Å². The van der Waals surface area contributed by atoms with Crippen LogP contribution in [0, 0.1) is 0 Å². The second-order valence-corrected chi connectivity index (χ2v) is 4.58. The highest BCUT2D eigenvalue weighted by Crippen LogP contribution is 2.22. The van der Waals surface area contributed by atoms with Gasteiger partial charge in [0.1, 0.15) is 12.3 Å². The molecule has 0 spiro atoms. The summed E-state index contributed by atoms with van der Waals surface area (Å²) in [4.78, 5) is 22.1. The lowest BCUT2D eigenvalue weighted by Gasteiger charge is -2.25. The number of carbonyl (C=O) groups is 2. The Morgan fingerprint density at radius 1 is 1.44 bits per heavy atom. The molecule has 0 atom stereocenters. The maximum absolute atomic E-state index is 11.7. The SMILES string of the molecule is CC(C)(Oc1cccc(Cl)c1)C(=O)NCC(=O)O. The third kappa shape index (κ3) is 4.25. The molecule has 0 heterocycles. The van der Waals surface area contributed by atoms with E-state index < -0.39 is 24.0 Å². The van der Waals surface area contributed by atoms with E-state index in [0.717, 1.165) is 0 Å². The number of rotatable bonds is 5. The first-order chi connectivity index (χ1) is 8.31. The second kappa shape index (κ2) is 5.73. The summed E-state index contributed by atoms with van der Waals surface area (Å²) in [5.74, 6) is -1.18. The molecule has 1 aromatic rings. The molecule has 0 aliphatic rings. The Kier molecular flexibility index (Phi) is 4.55. The molecule has 0 saturated heterocycles. The highest BCUT2D eigenvalue weighted by atomic mass is 35.5. The Balaban J connectivity index is 2.68. The molecule has 0 saturated carbocycles. The van der Waals surface area contributed by atoms with Gasteiger partial charge in [0.05, 0.1) is 0 Å². The van der Waals surface area contributed by atoms with Crippen molar-refractivity contribution in [1.29, 1.82) is 0 Å². The number of carboxylic acids is 1. The number of benzene rings is 1. The maximum atomic E-state index is 11.7. The van der Waals surface area contributed by atoms with E-state index in [-0.39, 0.29) is 0 Å². The van der Waals surface area contributed by atoms with Crippen molar-refractivity contribution in [2.24, 2.45) is 0 Å². The fourth-order valence-electron chi connectivity index (χ4n) is 1.24. The Morgan fingerprint density at radius 3 is 2.67 bits per heavy atom. The van der Waals surface area contributed by atoms with Gasteiger partial charge in [-0.1, -0.05) is 17.7 Å². The van der Waals surface area contributed by atoms with E-state index in [1.54, 1.807) is 38.1 Å². The minimum Gasteiger partial charge on any atom is -0.480 e. The van der Waals surface area contributed by atoms with Gasteiger partial charge in [0.25, 0.3) is 5.91 Å². The van der Waals surface area contributed by atoms with Crippen molar-refractivity contribution in [2.45, 2.75) is 19.4 Å². The van der Waals surface area contributed by atoms with Crippen LogP contribution in [0.5, 0.6) is 5.75 Å². The summed E-state index contributed by atoms with van der Waals surface area (Å²) in [5.41, 5.74) is -1.18. The first kappa shape index (κ1) is 14.3. The zero-order valence-corrected chi connectivity index (χ0v) is 10.8. The number of carboxylic acid groups (broad SMARTS) is 1. The largest absolute Gasteiger partial charge is 0.480 e. The van der Waals surface area contributed by atoms with Crippen molar-refractivity contribution < 1.29 is 19.4 Å². The summed E-state index contributed by atoms with van der Waals surface area (Å²) in [6, 6.07) is 6.63. The first-order valence-corrected chi connectivity index (χ1v) is 5.64. The quantitative estimate of drug-likeness (QED) is 0.855. The first-order valence-electron chi connectivity index (χ1n) is 5.26. The molecular formula is C12H14ClNO4. The number of ether oxygens (including phenoxy) is 1. The van der Waals surface area contributed by atoms with Crippen LogP contribution < -0.4 is 10.1 Å². The monoisotopic (exact) mass is 271 g/mol. The zero-order valence-electron chi connectivity index (χ0n) is 10.1. The van der Waals surface area contributed by atoms with Crippen molar-refractivity contribution in [2.75, 3.05) is 6.54 Å². The van der Waals surface area contributed by atoms with E-state index in [1.165, 1.54) is 0 Å². The molecule has 1 amide bonds. The Labute approximate surface area is 110 Å². The zero-order chi connectivity index (χ0) is 13.8. The number of halogens is 1. The van der Waals surface area contributed by atoms with Crippen LogP contribution in [0.15, 0.2) is 24.3 Å². The fraction of sp³-hybridized carbons (Fsp3) is 0.333. The average molecular weight is 272 g/mol. The molecule has 0 aliphatic carbocycles. The van der Waals surface area contributed by atoms with Gasteiger partial charge in [-0.3, -0.25) is 9.59 Å². The van der Waals surface area contributed by atoms with Crippen molar-refractivity contribution in [3.8, 4) is 5.75 Å². The molecule has 1 rings (SSSR count). The van der Waals surface area contributed by atoms with Crippen LogP contribution in [0.2, 0.25) is 5.02 Å². The predicted octanol–water partition coefficient (Wildman–Crippen LogP) is 1.70. The Morgan fingerprint density at radius 2 is 2.11 bits per heavy atom. The minimum absolute atomic E-state index is 0.443. The third-order valence-electron chi connectivity index (χ3n) is 2.12. The highest BCUT2D eigenvalue weighted by molar-refractivity contribution is 6.30. The van der Waals surface area contributed by atoms with Crippen molar-refractivity contribution in [1.82, 2.24) is 5.32 Å². The van der Waals surface area contributed by atoms with Crippen LogP contribution in [0.4, 0.5) is 0 Å². The molecule has 0 aromatic heterocycles. The molecule has 0 aliphatic heterocycles. The maximum Gasteiger partial charge on any atom is 0.322 e. The molecule has 0 fully saturated rings. The predicted molar refractivity (Wildman–Crippen MR) is 66.8 cm³/mol. The van der Waals surface area contributed by atoms with Gasteiger partial charge in [0.15, 0.2) is 5.60 Å². The third-order valence-corrected chi connectivity index (χ3v) is 2.35. The number of aliphatic carboxylic acids is 1. The summed E-state index contributed by atoms with van der Waals surface area (Å²) < 4.78 is 5.49. The molecule has 18 heavy (non-hydrogen) atoms. The Hall–Kier alpha value is -1.75. The number of amides is 1. The van der Waals surface area contributed by atoms with Gasteiger partial charge in [-0.25, -0.2) is 0 Å². The normalized spacial score (nSPS) is 10.8. The fourth-order valence-corrected chi connectivity index (χ4v) is 1.42. The number of nitrogens with one attached hydrogen (secondary N) is 1. The smallest absolute Gasteiger partial charge is 0.322 e. The number of carbonyl (C=O) groups excluding carboxylic acids is 1. The molecule has 1 aromatic carbocycles. The number of hydrogen-bond acceptors (Lipinski definition) is 3. The molecule has 0 bridgehead atoms. The summed E-state index contributed by atoms with van der Waals surface area (Å²) in [5, 5.41) is 11.2. The van der Waals surface area contributed by atoms with Crippen molar-refractivity contribution >= 4 is 23.5 Å². The van der Waals surface area contributed by atoms with E-state index in [0.29, 0.717) is 10.8 Å². The lowest BCUT2D eigenvalue weighted by Crippen LogP contribution is -2.47. The van der Waals surface area contributed by atoms with Crippen LogP contribution in [0.3, 0.4) is 0 Å². The van der Waals surface area contributed by atoms with Crippen LogP contribution in [-0.4, -0.2) is 29.1 Å². The summed E-state index contributed by atoms with van der Waals surface area (Å²) in [6.07, 6.45) is 0. The van der Waals surface area contributed by atoms with Crippen molar-refractivity contribution in [3.05, 3.63) is 29.3 Å². The van der Waals surface area contributed by atoms with Crippen molar-refractivity contribution in [3.63, 3.8) is 0 Å². The highest BCUT2D eigenvalue weighted by Gasteiger charge is 2.30. The van der Waals surface area contributed by atoms with Gasteiger partial charge in [-0.05, 0) is 32.0 Å². The van der Waals surface area contributed by atoms with Gasteiger partial charge in [-0.15, -0.1) is 0 Å². The summed E-state index contributed by atoms with van der Waals surface area (Å²) in [6.45, 7) is 2.65. The van der Waals surface area contributed by atoms with Crippen LogP contribution in [0.25, 0.3) is 0 Å². The average Bonchev–Trinajstić information content (AvgIpc) is 2.25. The molecular weight excluding hydrogens is 258 g/mol. The molecule has 2 N–H and O–H groups in total. The summed E-state index contributed by atoms with van der Waals surface area (Å²) in [7, 11) is 0. The van der Waals surface area contributed by atoms with E-state index in [1.807, 2.05) is 0 Å². The van der Waals surface area contributed by atoms with E-state index in [4.69, 9.17) is 21.4 Å². The standard InChI is InChI=1S/C12H14ClNO4/c1-12(2,11(17)14-7-10(15)16)18-9-5-3-4-8(13)6-9/h3-6H,7H2,1-2H3,(H,14,17)(H,15,16). The van der Waals surface area contributed by atoms with E-state index in [9.17, 15) is 9.59 Å². The van der Waals surface area contributed by atoms with Gasteiger partial charge in [0, 0.05) is 5.02 Å². The van der Waals surface area contributed by atoms with Gasteiger partial charge in [0.2, 0.25) is 0 Å². The van der Waals surface area contributed by atoms with Gasteiger partial charge >= 0.3 is 5.97 Å². The molecule has 6 heteroatoms. The van der Waals surface area contributed by atoms with Crippen LogP contribution >= 0.6 is 11.6 Å². The van der Waals surface area contributed by atoms with Gasteiger partial charge < -0.3 is 15.2 Å². The van der Waals surface area contributed by atoms with E-state index in [2.05, 4.69) is 5.32 Å².